The number of amides is 1. The van der Waals surface area contributed by atoms with E-state index < -0.39 is 11.7 Å². The van der Waals surface area contributed by atoms with E-state index in [1.165, 1.54) is 32.6 Å². The molecule has 0 saturated heterocycles. The zero-order valence-electron chi connectivity index (χ0n) is 18.4. The van der Waals surface area contributed by atoms with Gasteiger partial charge in [-0.05, 0) is 43.3 Å². The van der Waals surface area contributed by atoms with Crippen molar-refractivity contribution in [2.75, 3.05) is 19.5 Å². The topological polar surface area (TPSA) is 134 Å². The lowest BCUT2D eigenvalue weighted by Gasteiger charge is -2.09. The maximum Gasteiger partial charge on any atom is 0.296 e. The number of pyridine rings is 1. The van der Waals surface area contributed by atoms with Crippen molar-refractivity contribution in [3.63, 3.8) is 0 Å². The standard InChI is InChI=1S/C23H24ClN5O4/c1-13-21(22(30)23(31)28-15-8-9-27-20(10-15)33-3)17-11-16(32-2)5-6-18(17)29(13)12-14(25)4-7-19(24)26/h4-11H,12,25-26H2,1-3H3,(H,27,28,31)/b14-4-,19-7-. The summed E-state index contributed by atoms with van der Waals surface area (Å²) in [6.07, 6.45) is 4.53. The first-order valence-corrected chi connectivity index (χ1v) is 10.2. The van der Waals surface area contributed by atoms with Crippen molar-refractivity contribution in [2.45, 2.75) is 13.5 Å². The molecule has 0 atom stereocenters. The molecular formula is C23H24ClN5O4. The van der Waals surface area contributed by atoms with Crippen LogP contribution in [0.4, 0.5) is 5.69 Å². The molecule has 0 spiro atoms. The third-order valence-electron chi connectivity index (χ3n) is 4.96. The van der Waals surface area contributed by atoms with Crippen LogP contribution in [0.15, 0.2) is 59.5 Å². The average Bonchev–Trinajstić information content (AvgIpc) is 3.07. The Bertz CT molecular complexity index is 1280. The minimum atomic E-state index is -0.797. The maximum atomic E-state index is 13.2. The van der Waals surface area contributed by atoms with Gasteiger partial charge in [0.05, 0.1) is 31.5 Å². The van der Waals surface area contributed by atoms with Crippen LogP contribution in [0, 0.1) is 6.92 Å². The number of rotatable bonds is 8. The lowest BCUT2D eigenvalue weighted by molar-refractivity contribution is -0.112. The molecule has 0 bridgehead atoms. The van der Waals surface area contributed by atoms with Crippen molar-refractivity contribution >= 4 is 39.9 Å². The maximum absolute atomic E-state index is 13.2. The lowest BCUT2D eigenvalue weighted by atomic mass is 10.1. The molecule has 3 rings (SSSR count). The van der Waals surface area contributed by atoms with Crippen LogP contribution in [-0.2, 0) is 11.3 Å². The molecule has 1 aromatic carbocycles. The predicted octanol–water partition coefficient (Wildman–Crippen LogP) is 3.06. The Labute approximate surface area is 195 Å². The molecule has 0 fully saturated rings. The van der Waals surface area contributed by atoms with Crippen LogP contribution >= 0.6 is 11.6 Å². The number of aromatic nitrogens is 2. The van der Waals surface area contributed by atoms with Crippen molar-refractivity contribution in [1.82, 2.24) is 9.55 Å². The fourth-order valence-corrected chi connectivity index (χ4v) is 3.46. The zero-order chi connectivity index (χ0) is 24.1. The summed E-state index contributed by atoms with van der Waals surface area (Å²) in [6.45, 7) is 2.01. The Kier molecular flexibility index (Phi) is 7.24. The molecule has 0 radical (unpaired) electrons. The number of allylic oxidation sites excluding steroid dienone is 3. The van der Waals surface area contributed by atoms with Crippen LogP contribution in [0.25, 0.3) is 10.9 Å². The smallest absolute Gasteiger partial charge is 0.296 e. The highest BCUT2D eigenvalue weighted by Gasteiger charge is 2.26. The Balaban J connectivity index is 2.04. The van der Waals surface area contributed by atoms with Gasteiger partial charge in [-0.1, -0.05) is 11.6 Å². The van der Waals surface area contributed by atoms with Gasteiger partial charge < -0.3 is 30.8 Å². The highest BCUT2D eigenvalue weighted by Crippen LogP contribution is 2.30. The molecule has 33 heavy (non-hydrogen) atoms. The van der Waals surface area contributed by atoms with Gasteiger partial charge in [0.1, 0.15) is 5.75 Å². The van der Waals surface area contributed by atoms with Gasteiger partial charge in [0.2, 0.25) is 5.88 Å². The number of hydrogen-bond acceptors (Lipinski definition) is 7. The first kappa shape index (κ1) is 23.7. The summed E-state index contributed by atoms with van der Waals surface area (Å²) in [5, 5.41) is 3.26. The van der Waals surface area contributed by atoms with Crippen molar-refractivity contribution in [3.8, 4) is 11.6 Å². The van der Waals surface area contributed by atoms with E-state index in [0.29, 0.717) is 39.6 Å². The van der Waals surface area contributed by atoms with Crippen LogP contribution in [0.2, 0.25) is 0 Å². The van der Waals surface area contributed by atoms with E-state index in [9.17, 15) is 9.59 Å². The summed E-state index contributed by atoms with van der Waals surface area (Å²) < 4.78 is 12.2. The third-order valence-corrected chi connectivity index (χ3v) is 5.09. The molecule has 0 saturated carbocycles. The second-order valence-electron chi connectivity index (χ2n) is 7.09. The molecule has 0 aliphatic carbocycles. The first-order valence-electron chi connectivity index (χ1n) is 9.85. The van der Waals surface area contributed by atoms with Crippen LogP contribution in [0.1, 0.15) is 16.1 Å². The van der Waals surface area contributed by atoms with E-state index in [2.05, 4.69) is 10.3 Å². The van der Waals surface area contributed by atoms with Crippen LogP contribution in [-0.4, -0.2) is 35.5 Å². The number of benzene rings is 1. The molecule has 1 amide bonds. The molecule has 0 aliphatic heterocycles. The van der Waals surface area contributed by atoms with Gasteiger partial charge in [-0.15, -0.1) is 0 Å². The monoisotopic (exact) mass is 469 g/mol. The summed E-state index contributed by atoms with van der Waals surface area (Å²) in [6, 6.07) is 8.38. The summed E-state index contributed by atoms with van der Waals surface area (Å²) in [5.74, 6) is -0.636. The number of ether oxygens (including phenoxy) is 2. The summed E-state index contributed by atoms with van der Waals surface area (Å²) in [7, 11) is 2.99. The molecule has 0 aliphatic rings. The van der Waals surface area contributed by atoms with Crippen LogP contribution < -0.4 is 26.3 Å². The van der Waals surface area contributed by atoms with Gasteiger partial charge in [-0.25, -0.2) is 4.98 Å². The van der Waals surface area contributed by atoms with E-state index in [1.54, 1.807) is 31.2 Å². The largest absolute Gasteiger partial charge is 0.497 e. The first-order chi connectivity index (χ1) is 15.7. The molecule has 172 valence electrons. The highest BCUT2D eigenvalue weighted by atomic mass is 35.5. The highest BCUT2D eigenvalue weighted by molar-refractivity contribution is 6.48. The fraction of sp³-hybridized carbons (Fsp3) is 0.174. The summed E-state index contributed by atoms with van der Waals surface area (Å²) in [5.41, 5.74) is 14.0. The number of nitrogens with two attached hydrogens (primary N) is 2. The number of nitrogens with zero attached hydrogens (tertiary/aromatic N) is 2. The fourth-order valence-electron chi connectivity index (χ4n) is 3.40. The Morgan fingerprint density at radius 1 is 1.15 bits per heavy atom. The van der Waals surface area contributed by atoms with Crippen molar-refractivity contribution in [3.05, 3.63) is 70.8 Å². The number of Topliss-reactive ketones (excluding diaryl/α,β-unsaturated/α-hetero) is 1. The number of carbonyl (C=O) groups is 2. The Morgan fingerprint density at radius 3 is 2.58 bits per heavy atom. The number of ketones is 1. The number of nitrogens with one attached hydrogen (secondary N) is 1. The minimum Gasteiger partial charge on any atom is -0.497 e. The normalized spacial score (nSPS) is 12.0. The quantitative estimate of drug-likeness (QED) is 0.200. The number of fused-ring (bicyclic) bond motifs is 1. The molecule has 2 heterocycles. The van der Waals surface area contributed by atoms with E-state index >= 15 is 0 Å². The zero-order valence-corrected chi connectivity index (χ0v) is 19.1. The molecule has 10 heteroatoms. The third kappa shape index (κ3) is 5.27. The number of carbonyl (C=O) groups excluding carboxylic acids is 2. The van der Waals surface area contributed by atoms with Crippen molar-refractivity contribution in [2.24, 2.45) is 11.5 Å². The van der Waals surface area contributed by atoms with Crippen LogP contribution in [0.3, 0.4) is 0 Å². The Morgan fingerprint density at radius 2 is 1.91 bits per heavy atom. The average molecular weight is 470 g/mol. The second kappa shape index (κ2) is 10.1. The van der Waals surface area contributed by atoms with E-state index in [-0.39, 0.29) is 17.3 Å². The predicted molar refractivity (Wildman–Crippen MR) is 127 cm³/mol. The van der Waals surface area contributed by atoms with Crippen molar-refractivity contribution < 1.29 is 19.1 Å². The summed E-state index contributed by atoms with van der Waals surface area (Å²) in [4.78, 5) is 30.1. The van der Waals surface area contributed by atoms with Gasteiger partial charge in [-0.3, -0.25) is 9.59 Å². The number of hydrogen-bond donors (Lipinski definition) is 3. The van der Waals surface area contributed by atoms with Crippen molar-refractivity contribution in [1.29, 1.82) is 0 Å². The van der Waals surface area contributed by atoms with Gasteiger partial charge in [0.15, 0.2) is 0 Å². The lowest BCUT2D eigenvalue weighted by Crippen LogP contribution is -2.23. The van der Waals surface area contributed by atoms with Gasteiger partial charge >= 0.3 is 0 Å². The number of anilines is 1. The number of halogens is 1. The Hall–Kier alpha value is -3.98. The van der Waals surface area contributed by atoms with Gasteiger partial charge in [0.25, 0.3) is 11.7 Å². The molecular weight excluding hydrogens is 446 g/mol. The minimum absolute atomic E-state index is 0.0945. The molecule has 3 aromatic rings. The molecule has 5 N–H and O–H groups in total. The van der Waals surface area contributed by atoms with Crippen LogP contribution in [0.5, 0.6) is 11.6 Å². The molecule has 9 nitrogen and oxygen atoms in total. The van der Waals surface area contributed by atoms with E-state index in [4.69, 9.17) is 32.5 Å². The van der Waals surface area contributed by atoms with Gasteiger partial charge in [0, 0.05) is 40.2 Å². The molecule has 0 unspecified atom stereocenters. The summed E-state index contributed by atoms with van der Waals surface area (Å²) >= 11 is 5.67. The van der Waals surface area contributed by atoms with E-state index in [1.807, 2.05) is 10.6 Å². The SMILES string of the molecule is COc1ccc2c(c1)c(C(=O)C(=O)Nc1ccnc(OC)c1)c(C)n2C/C(N)=C/C=C(\N)Cl. The van der Waals surface area contributed by atoms with E-state index in [0.717, 1.165) is 0 Å². The molecule has 2 aromatic heterocycles. The van der Waals surface area contributed by atoms with Gasteiger partial charge in [-0.2, -0.15) is 0 Å². The second-order valence-corrected chi connectivity index (χ2v) is 7.53. The number of methoxy groups -OCH3 is 2.